The minimum atomic E-state index is -0.665. The second-order valence-electron chi connectivity index (χ2n) is 7.35. The van der Waals surface area contributed by atoms with Crippen LogP contribution in [0.2, 0.25) is 0 Å². The van der Waals surface area contributed by atoms with E-state index < -0.39 is 5.97 Å². The average molecular weight is 593 g/mol. The Bertz CT molecular complexity index is 1630. The molecule has 3 aromatic carbocycles. The number of aromatic nitrogens is 2. The summed E-state index contributed by atoms with van der Waals surface area (Å²) in [5, 5.41) is 4.91. The van der Waals surface area contributed by atoms with Crippen LogP contribution in [0.5, 0.6) is 5.75 Å². The smallest absolute Gasteiger partial charge is 0.379 e. The Morgan fingerprint density at radius 3 is 2.54 bits per heavy atom. The Morgan fingerprint density at radius 2 is 1.77 bits per heavy atom. The summed E-state index contributed by atoms with van der Waals surface area (Å²) in [6.07, 6.45) is 2.84. The van der Waals surface area contributed by atoms with Crippen molar-refractivity contribution in [2.24, 2.45) is 5.10 Å². The number of furan rings is 1. The van der Waals surface area contributed by atoms with E-state index in [1.165, 1.54) is 23.2 Å². The predicted molar refractivity (Wildman–Crippen MR) is 140 cm³/mol. The van der Waals surface area contributed by atoms with Gasteiger partial charge in [0, 0.05) is 15.6 Å². The van der Waals surface area contributed by atoms with Crippen molar-refractivity contribution >= 4 is 54.9 Å². The van der Waals surface area contributed by atoms with Crippen molar-refractivity contribution < 1.29 is 13.9 Å². The van der Waals surface area contributed by atoms with Crippen molar-refractivity contribution in [3.8, 4) is 17.1 Å². The second kappa shape index (κ2) is 9.81. The quantitative estimate of drug-likeness (QED) is 0.136. The van der Waals surface area contributed by atoms with E-state index in [0.717, 1.165) is 10.0 Å². The second-order valence-corrected chi connectivity index (χ2v) is 9.12. The fraction of sp³-hybridized carbons (Fsp3) is 0. The van der Waals surface area contributed by atoms with Gasteiger partial charge in [-0.05, 0) is 52.3 Å². The summed E-state index contributed by atoms with van der Waals surface area (Å²) >= 11 is 6.88. The van der Waals surface area contributed by atoms with Crippen molar-refractivity contribution in [1.82, 2.24) is 9.66 Å². The molecule has 0 atom stereocenters. The Morgan fingerprint density at radius 1 is 1.00 bits per heavy atom. The molecule has 0 bridgehead atoms. The zero-order chi connectivity index (χ0) is 24.4. The van der Waals surface area contributed by atoms with Crippen LogP contribution in [0.3, 0.4) is 0 Å². The number of nitrogens with zero attached hydrogens (tertiary/aromatic N) is 3. The highest BCUT2D eigenvalue weighted by Gasteiger charge is 2.18. The molecular formula is C26H15Br2N3O4. The molecule has 0 spiro atoms. The van der Waals surface area contributed by atoms with Gasteiger partial charge in [-0.1, -0.05) is 58.4 Å². The number of esters is 1. The summed E-state index contributed by atoms with van der Waals surface area (Å²) in [5.74, 6) is 0.00126. The van der Waals surface area contributed by atoms with Crippen LogP contribution >= 0.6 is 31.9 Å². The third-order valence-electron chi connectivity index (χ3n) is 5.05. The molecule has 0 aliphatic carbocycles. The van der Waals surface area contributed by atoms with Crippen LogP contribution in [0, 0.1) is 0 Å². The molecule has 0 saturated heterocycles. The summed E-state index contributed by atoms with van der Waals surface area (Å²) in [7, 11) is 0. The van der Waals surface area contributed by atoms with E-state index in [2.05, 4.69) is 37.0 Å². The Kier molecular flexibility index (Phi) is 6.43. The largest absolute Gasteiger partial charge is 0.457 e. The molecule has 0 unspecified atom stereocenters. The third-order valence-corrected chi connectivity index (χ3v) is 6.10. The molecule has 0 fully saturated rings. The molecule has 7 nitrogen and oxygen atoms in total. The number of fused-ring (bicyclic) bond motifs is 1. The van der Waals surface area contributed by atoms with Crippen molar-refractivity contribution in [2.75, 3.05) is 0 Å². The highest BCUT2D eigenvalue weighted by Crippen LogP contribution is 2.33. The van der Waals surface area contributed by atoms with Crippen LogP contribution in [0.25, 0.3) is 22.3 Å². The van der Waals surface area contributed by atoms with Crippen molar-refractivity contribution in [3.63, 3.8) is 0 Å². The lowest BCUT2D eigenvalue weighted by Crippen LogP contribution is -2.20. The lowest BCUT2D eigenvalue weighted by atomic mass is 10.2. The van der Waals surface area contributed by atoms with Gasteiger partial charge >= 0.3 is 5.97 Å². The molecule has 0 saturated carbocycles. The van der Waals surface area contributed by atoms with Crippen LogP contribution in [-0.4, -0.2) is 21.8 Å². The van der Waals surface area contributed by atoms with Crippen LogP contribution in [0.15, 0.2) is 108 Å². The predicted octanol–water partition coefficient (Wildman–Crippen LogP) is 6.28. The van der Waals surface area contributed by atoms with Gasteiger partial charge in [0.25, 0.3) is 5.56 Å². The number of hydrogen-bond acceptors (Lipinski definition) is 6. The Hall–Kier alpha value is -3.82. The van der Waals surface area contributed by atoms with Gasteiger partial charge in [0.15, 0.2) is 11.6 Å². The minimum Gasteiger partial charge on any atom is -0.457 e. The van der Waals surface area contributed by atoms with Crippen molar-refractivity contribution in [3.05, 3.63) is 116 Å². The molecule has 172 valence electrons. The molecule has 0 N–H and O–H groups in total. The monoisotopic (exact) mass is 591 g/mol. The average Bonchev–Trinajstić information content (AvgIpc) is 3.41. The van der Waals surface area contributed by atoms with E-state index in [1.807, 2.05) is 36.4 Å². The van der Waals surface area contributed by atoms with E-state index in [0.29, 0.717) is 26.8 Å². The first kappa shape index (κ1) is 22.9. The van der Waals surface area contributed by atoms with Crippen molar-refractivity contribution in [1.29, 1.82) is 0 Å². The molecule has 0 radical (unpaired) electrons. The van der Waals surface area contributed by atoms with E-state index in [4.69, 9.17) is 14.1 Å². The minimum absolute atomic E-state index is 0.0593. The lowest BCUT2D eigenvalue weighted by Gasteiger charge is -2.11. The van der Waals surface area contributed by atoms with E-state index in [9.17, 15) is 9.59 Å². The maximum atomic E-state index is 13.4. The topological polar surface area (TPSA) is 86.7 Å². The van der Waals surface area contributed by atoms with Gasteiger partial charge in [0.2, 0.25) is 5.76 Å². The fourth-order valence-corrected chi connectivity index (χ4v) is 4.79. The zero-order valence-electron chi connectivity index (χ0n) is 17.9. The number of carbonyl (C=O) groups is 1. The van der Waals surface area contributed by atoms with Gasteiger partial charge in [0.05, 0.1) is 27.9 Å². The molecule has 35 heavy (non-hydrogen) atoms. The zero-order valence-corrected chi connectivity index (χ0v) is 21.1. The summed E-state index contributed by atoms with van der Waals surface area (Å²) < 4.78 is 13.2. The first-order valence-corrected chi connectivity index (χ1v) is 12.0. The third kappa shape index (κ3) is 4.73. The molecular weight excluding hydrogens is 578 g/mol. The maximum Gasteiger partial charge on any atom is 0.379 e. The number of para-hydroxylation sites is 1. The first-order chi connectivity index (χ1) is 17.0. The lowest BCUT2D eigenvalue weighted by molar-refractivity contribution is 0.0700. The SMILES string of the molecule is O=C(Oc1c(Br)cc(Br)cc1C=Nn1c(-c2ccccc2)nc2ccccc2c1=O)c1ccco1. The number of hydrogen-bond donors (Lipinski definition) is 0. The summed E-state index contributed by atoms with van der Waals surface area (Å²) in [6, 6.07) is 23.0. The molecule has 5 aromatic rings. The maximum absolute atomic E-state index is 13.4. The van der Waals surface area contributed by atoms with Crippen LogP contribution in [0.1, 0.15) is 16.1 Å². The van der Waals surface area contributed by atoms with Gasteiger partial charge < -0.3 is 9.15 Å². The number of halogens is 2. The molecule has 0 amide bonds. The van der Waals surface area contributed by atoms with Crippen LogP contribution in [-0.2, 0) is 0 Å². The summed E-state index contributed by atoms with van der Waals surface area (Å²) in [6.45, 7) is 0. The standard InChI is InChI=1S/C26H15Br2N3O4/c27-18-13-17(23(20(28)14-18)35-26(33)22-11-6-12-34-22)15-29-31-24(16-7-2-1-3-8-16)30-21-10-5-4-9-19(21)25(31)32/h1-15H. The molecule has 2 aromatic heterocycles. The Balaban J connectivity index is 1.64. The molecule has 0 aliphatic heterocycles. The molecule has 2 heterocycles. The summed E-state index contributed by atoms with van der Waals surface area (Å²) in [4.78, 5) is 30.6. The van der Waals surface area contributed by atoms with Gasteiger partial charge in [0.1, 0.15) is 0 Å². The molecule has 0 aliphatic rings. The van der Waals surface area contributed by atoms with Gasteiger partial charge in [-0.2, -0.15) is 9.78 Å². The van der Waals surface area contributed by atoms with Gasteiger partial charge in [-0.15, -0.1) is 0 Å². The Labute approximate surface area is 215 Å². The van der Waals surface area contributed by atoms with E-state index in [-0.39, 0.29) is 17.1 Å². The number of ether oxygens (including phenoxy) is 1. The normalized spacial score (nSPS) is 11.3. The highest BCUT2D eigenvalue weighted by atomic mass is 79.9. The number of benzene rings is 3. The van der Waals surface area contributed by atoms with Gasteiger partial charge in [-0.3, -0.25) is 4.79 Å². The summed E-state index contributed by atoms with van der Waals surface area (Å²) in [5.41, 5.74) is 1.42. The fourth-order valence-electron chi connectivity index (χ4n) is 3.45. The van der Waals surface area contributed by atoms with Gasteiger partial charge in [-0.25, -0.2) is 9.78 Å². The van der Waals surface area contributed by atoms with Crippen molar-refractivity contribution in [2.45, 2.75) is 0 Å². The first-order valence-electron chi connectivity index (χ1n) is 10.4. The van der Waals surface area contributed by atoms with E-state index in [1.54, 1.807) is 36.4 Å². The van der Waals surface area contributed by atoms with E-state index >= 15 is 0 Å². The molecule has 5 rings (SSSR count). The highest BCUT2D eigenvalue weighted by molar-refractivity contribution is 9.11. The molecule has 9 heteroatoms. The van der Waals surface area contributed by atoms with Crippen LogP contribution < -0.4 is 10.3 Å². The number of carbonyl (C=O) groups excluding carboxylic acids is 1. The van der Waals surface area contributed by atoms with Crippen LogP contribution in [0.4, 0.5) is 0 Å². The number of rotatable bonds is 5.